The highest BCUT2D eigenvalue weighted by molar-refractivity contribution is 7.20. The minimum atomic E-state index is -1.50. The van der Waals surface area contributed by atoms with Crippen LogP contribution in [0.5, 0.6) is 0 Å². The van der Waals surface area contributed by atoms with Crippen molar-refractivity contribution in [1.29, 1.82) is 0 Å². The predicted octanol–water partition coefficient (Wildman–Crippen LogP) is 11.4. The lowest BCUT2D eigenvalue weighted by Crippen LogP contribution is -2.26. The van der Waals surface area contributed by atoms with Crippen LogP contribution in [0.3, 0.4) is 0 Å². The first kappa shape index (κ1) is 29.5. The van der Waals surface area contributed by atoms with Crippen LogP contribution in [-0.2, 0) is 0 Å². The van der Waals surface area contributed by atoms with E-state index in [4.69, 9.17) is 11.1 Å². The highest BCUT2D eigenvalue weighted by atomic mass is 35.6. The summed E-state index contributed by atoms with van der Waals surface area (Å²) in [5.74, 6) is 0. The highest BCUT2D eigenvalue weighted by Gasteiger charge is 2.28. The third-order valence-electron chi connectivity index (χ3n) is 6.69. The van der Waals surface area contributed by atoms with Gasteiger partial charge in [0, 0.05) is 0 Å². The van der Waals surface area contributed by atoms with Crippen molar-refractivity contribution in [3.8, 4) is 0 Å². The van der Waals surface area contributed by atoms with Crippen LogP contribution in [0, 0.1) is 0 Å². The SMILES string of the molecule is CCCCCCCCC[Si](Cl)(CCCCCCCCC)CCCCCCCCC. The molecular weight excluding hydrogens is 388 g/mol. The van der Waals surface area contributed by atoms with Gasteiger partial charge < -0.3 is 0 Å². The maximum absolute atomic E-state index is 7.37. The van der Waals surface area contributed by atoms with Crippen molar-refractivity contribution in [1.82, 2.24) is 0 Å². The molecule has 0 fully saturated rings. The molecule has 0 aromatic rings. The van der Waals surface area contributed by atoms with Gasteiger partial charge in [0.1, 0.15) is 0 Å². The zero-order valence-electron chi connectivity index (χ0n) is 20.8. The highest BCUT2D eigenvalue weighted by Crippen LogP contribution is 2.33. The van der Waals surface area contributed by atoms with Crippen molar-refractivity contribution in [2.24, 2.45) is 0 Å². The molecule has 0 aliphatic rings. The zero-order chi connectivity index (χ0) is 21.5. The summed E-state index contributed by atoms with van der Waals surface area (Å²) in [7, 11) is -1.50. The third kappa shape index (κ3) is 21.5. The summed E-state index contributed by atoms with van der Waals surface area (Å²) in [4.78, 5) is 0. The molecule has 176 valence electrons. The van der Waals surface area contributed by atoms with Gasteiger partial charge in [0.05, 0.1) is 0 Å². The summed E-state index contributed by atoms with van der Waals surface area (Å²) >= 11 is 7.37. The Balaban J connectivity index is 4.03. The molecule has 0 bridgehead atoms. The van der Waals surface area contributed by atoms with Gasteiger partial charge in [-0.3, -0.25) is 0 Å². The second-order valence-corrected chi connectivity index (χ2v) is 16.0. The topological polar surface area (TPSA) is 0 Å². The largest absolute Gasteiger partial charge is 0.167 e. The van der Waals surface area contributed by atoms with E-state index in [1.165, 1.54) is 153 Å². The summed E-state index contributed by atoms with van der Waals surface area (Å²) in [6, 6.07) is 4.19. The number of unbranched alkanes of at least 4 members (excludes halogenated alkanes) is 18. The standard InChI is InChI=1S/C27H57ClSi/c1-4-7-10-13-16-19-22-25-29(28,26-23-20-17-14-11-8-5-2)27-24-21-18-15-12-9-6-3/h4-27H2,1-3H3. The van der Waals surface area contributed by atoms with Crippen molar-refractivity contribution in [2.45, 2.75) is 174 Å². The zero-order valence-corrected chi connectivity index (χ0v) is 22.6. The molecule has 0 unspecified atom stereocenters. The maximum Gasteiger partial charge on any atom is 0.156 e. The third-order valence-corrected chi connectivity index (χ3v) is 12.1. The van der Waals surface area contributed by atoms with Gasteiger partial charge in [-0.2, -0.15) is 11.1 Å². The number of halogens is 1. The molecule has 0 amide bonds. The molecule has 0 aliphatic carbocycles. The predicted molar refractivity (Wildman–Crippen MR) is 140 cm³/mol. The lowest BCUT2D eigenvalue weighted by atomic mass is 10.1. The summed E-state index contributed by atoms with van der Waals surface area (Å²) in [6.07, 6.45) is 29.8. The van der Waals surface area contributed by atoms with E-state index in [0.29, 0.717) is 0 Å². The fraction of sp³-hybridized carbons (Fsp3) is 1.00. The van der Waals surface area contributed by atoms with E-state index in [1.54, 1.807) is 0 Å². The van der Waals surface area contributed by atoms with E-state index in [2.05, 4.69) is 20.8 Å². The van der Waals surface area contributed by atoms with E-state index in [-0.39, 0.29) is 0 Å². The van der Waals surface area contributed by atoms with Gasteiger partial charge in [0.25, 0.3) is 0 Å². The quantitative estimate of drug-likeness (QED) is 0.0787. The Hall–Kier alpha value is 0.507. The fourth-order valence-corrected chi connectivity index (χ4v) is 9.18. The molecule has 0 saturated heterocycles. The summed E-state index contributed by atoms with van der Waals surface area (Å²) in [5, 5.41) is 0. The van der Waals surface area contributed by atoms with Crippen LogP contribution in [0.15, 0.2) is 0 Å². The van der Waals surface area contributed by atoms with Gasteiger partial charge in [0.15, 0.2) is 7.38 Å². The Kier molecular flexibility index (Phi) is 23.6. The molecule has 0 N–H and O–H groups in total. The van der Waals surface area contributed by atoms with Crippen molar-refractivity contribution in [2.75, 3.05) is 0 Å². The number of hydrogen-bond donors (Lipinski definition) is 0. The van der Waals surface area contributed by atoms with Crippen molar-refractivity contribution in [3.05, 3.63) is 0 Å². The number of hydrogen-bond acceptors (Lipinski definition) is 0. The minimum absolute atomic E-state index is 1.36. The summed E-state index contributed by atoms with van der Waals surface area (Å²) in [6.45, 7) is 6.92. The van der Waals surface area contributed by atoms with Crippen molar-refractivity contribution < 1.29 is 0 Å². The molecule has 0 nitrogen and oxygen atoms in total. The first-order valence-corrected chi connectivity index (χ1v) is 17.5. The van der Waals surface area contributed by atoms with Gasteiger partial charge >= 0.3 is 0 Å². The van der Waals surface area contributed by atoms with Gasteiger partial charge in [-0.15, -0.1) is 0 Å². The van der Waals surface area contributed by atoms with Crippen molar-refractivity contribution in [3.63, 3.8) is 0 Å². The minimum Gasteiger partial charge on any atom is -0.167 e. The molecule has 0 rings (SSSR count). The second-order valence-electron chi connectivity index (χ2n) is 9.76. The van der Waals surface area contributed by atoms with Gasteiger partial charge in [-0.25, -0.2) is 0 Å². The van der Waals surface area contributed by atoms with Crippen molar-refractivity contribution >= 4 is 18.5 Å². The normalized spacial score (nSPS) is 12.0. The van der Waals surface area contributed by atoms with Crippen LogP contribution >= 0.6 is 11.1 Å². The lowest BCUT2D eigenvalue weighted by Gasteiger charge is -2.25. The van der Waals surface area contributed by atoms with E-state index in [1.807, 2.05) is 0 Å². The molecule has 2 heteroatoms. The Morgan fingerprint density at radius 2 is 0.552 bits per heavy atom. The Bertz CT molecular complexity index is 259. The smallest absolute Gasteiger partial charge is 0.156 e. The van der Waals surface area contributed by atoms with Gasteiger partial charge in [-0.05, 0) is 18.1 Å². The van der Waals surface area contributed by atoms with Crippen LogP contribution in [0.4, 0.5) is 0 Å². The second kappa shape index (κ2) is 23.2. The molecule has 0 radical (unpaired) electrons. The summed E-state index contributed by atoms with van der Waals surface area (Å²) < 4.78 is 0. The molecule has 0 saturated carbocycles. The fourth-order valence-electron chi connectivity index (χ4n) is 4.57. The van der Waals surface area contributed by atoms with Crippen LogP contribution in [0.1, 0.15) is 156 Å². The van der Waals surface area contributed by atoms with E-state index in [0.717, 1.165) is 0 Å². The van der Waals surface area contributed by atoms with Crippen LogP contribution < -0.4 is 0 Å². The van der Waals surface area contributed by atoms with E-state index >= 15 is 0 Å². The van der Waals surface area contributed by atoms with Crippen LogP contribution in [0.2, 0.25) is 18.1 Å². The summed E-state index contributed by atoms with van der Waals surface area (Å²) in [5.41, 5.74) is 0. The Morgan fingerprint density at radius 3 is 0.793 bits per heavy atom. The van der Waals surface area contributed by atoms with Crippen LogP contribution in [0.25, 0.3) is 0 Å². The average molecular weight is 445 g/mol. The molecule has 0 heterocycles. The molecule has 0 aromatic carbocycles. The number of rotatable bonds is 24. The molecular formula is C27H57ClSi. The molecule has 29 heavy (non-hydrogen) atoms. The lowest BCUT2D eigenvalue weighted by molar-refractivity contribution is 0.590. The Morgan fingerprint density at radius 1 is 0.345 bits per heavy atom. The van der Waals surface area contributed by atoms with E-state index < -0.39 is 7.38 Å². The van der Waals surface area contributed by atoms with Gasteiger partial charge in [-0.1, -0.05) is 156 Å². The maximum atomic E-state index is 7.37. The molecule has 0 aliphatic heterocycles. The first-order valence-electron chi connectivity index (χ1n) is 13.9. The molecule has 0 aromatic heterocycles. The first-order chi connectivity index (χ1) is 14.2. The monoisotopic (exact) mass is 444 g/mol. The molecule has 0 spiro atoms. The molecule has 0 atom stereocenters. The average Bonchev–Trinajstić information content (AvgIpc) is 2.72. The van der Waals surface area contributed by atoms with Crippen LogP contribution in [-0.4, -0.2) is 7.38 Å². The van der Waals surface area contributed by atoms with Gasteiger partial charge in [0.2, 0.25) is 0 Å². The van der Waals surface area contributed by atoms with E-state index in [9.17, 15) is 0 Å². The Labute approximate surface area is 192 Å².